The van der Waals surface area contributed by atoms with Crippen LogP contribution in [0.15, 0.2) is 17.1 Å². The van der Waals surface area contributed by atoms with Crippen molar-refractivity contribution in [2.24, 2.45) is 10.4 Å². The number of pyridine rings is 1. The van der Waals surface area contributed by atoms with Gasteiger partial charge in [0.25, 0.3) is 0 Å². The van der Waals surface area contributed by atoms with Crippen LogP contribution < -0.4 is 24.3 Å². The molecule has 1 rings (SSSR count). The van der Waals surface area contributed by atoms with Crippen LogP contribution in [0.5, 0.6) is 0 Å². The van der Waals surface area contributed by atoms with E-state index < -0.39 is 5.41 Å². The summed E-state index contributed by atoms with van der Waals surface area (Å²) in [6.45, 7) is 7.12. The van der Waals surface area contributed by atoms with E-state index in [1.165, 1.54) is 0 Å². The molecule has 0 saturated carbocycles. The number of aromatic nitrogens is 1. The first-order chi connectivity index (χ1) is 6.80. The third kappa shape index (κ3) is 3.88. The molecule has 1 aromatic rings. The van der Waals surface area contributed by atoms with Crippen molar-refractivity contribution >= 4 is 5.91 Å². The molecule has 0 aromatic carbocycles. The Bertz CT molecular complexity index is 444. The molecule has 0 fully saturated rings. The molecule has 0 aliphatic rings. The maximum absolute atomic E-state index is 11.6. The second-order valence-corrected chi connectivity index (χ2v) is 4.47. The van der Waals surface area contributed by atoms with Gasteiger partial charge in [0.1, 0.15) is 0 Å². The van der Waals surface area contributed by atoms with E-state index in [-0.39, 0.29) is 30.3 Å². The second kappa shape index (κ2) is 5.38. The van der Waals surface area contributed by atoms with Crippen molar-refractivity contribution in [2.75, 3.05) is 0 Å². The van der Waals surface area contributed by atoms with E-state index in [0.717, 1.165) is 10.3 Å². The Hall–Kier alpha value is -0.983. The number of hydrogen-bond acceptors (Lipinski definition) is 2. The zero-order valence-electron chi connectivity index (χ0n) is 10.4. The fourth-order valence-electron chi connectivity index (χ4n) is 0.888. The van der Waals surface area contributed by atoms with Gasteiger partial charge in [0.2, 0.25) is 5.91 Å². The van der Waals surface area contributed by atoms with Gasteiger partial charge in [-0.15, -0.1) is 11.6 Å². The number of hydrogen-bond donors (Lipinski definition) is 1. The summed E-state index contributed by atoms with van der Waals surface area (Å²) in [6.07, 6.45) is 2.62. The Kier molecular flexibility index (Phi) is 5.05. The van der Waals surface area contributed by atoms with Crippen LogP contribution in [-0.2, 0) is 4.79 Å². The maximum Gasteiger partial charge on any atom is 1.00 e. The van der Waals surface area contributed by atoms with Gasteiger partial charge in [0.05, 0.1) is 5.49 Å². The zero-order chi connectivity index (χ0) is 11.6. The molecule has 0 atom stereocenters. The third-order valence-corrected chi connectivity index (χ3v) is 1.84. The van der Waals surface area contributed by atoms with E-state index in [0.29, 0.717) is 0 Å². The molecule has 1 N–H and O–H groups in total. The number of carbonyl (C=O) groups is 1. The first-order valence-corrected chi connectivity index (χ1v) is 4.71. The van der Waals surface area contributed by atoms with Crippen molar-refractivity contribution in [3.05, 3.63) is 29.4 Å². The quantitative estimate of drug-likeness (QED) is 0.318. The monoisotopic (exact) mass is 214 g/mol. The standard InChI is InChI=1S/C11H15N2O2.Li/c1-8-5-6-9(13(15)7-8)12-10(14)11(2,3)4;/h5-6,15H,1-4H3;/q-1;+1. The topological polar surface area (TPSA) is 54.6 Å². The Morgan fingerprint density at radius 3 is 2.44 bits per heavy atom. The van der Waals surface area contributed by atoms with Gasteiger partial charge in [-0.1, -0.05) is 33.9 Å². The van der Waals surface area contributed by atoms with E-state index in [9.17, 15) is 10.0 Å². The molecule has 1 heterocycles. The molecule has 0 aliphatic heterocycles. The van der Waals surface area contributed by atoms with Crippen molar-refractivity contribution in [3.63, 3.8) is 0 Å². The van der Waals surface area contributed by atoms with E-state index in [4.69, 9.17) is 0 Å². The van der Waals surface area contributed by atoms with Crippen molar-refractivity contribution in [3.8, 4) is 0 Å². The molecule has 1 amide bonds. The molecule has 0 spiro atoms. The van der Waals surface area contributed by atoms with Gasteiger partial charge in [0, 0.05) is 5.41 Å². The summed E-state index contributed by atoms with van der Waals surface area (Å²) in [5, 5.41) is 9.42. The van der Waals surface area contributed by atoms with Crippen LogP contribution in [0.2, 0.25) is 0 Å². The summed E-state index contributed by atoms with van der Waals surface area (Å²) in [7, 11) is 0. The Morgan fingerprint density at radius 1 is 1.44 bits per heavy atom. The molecule has 1 aromatic heterocycles. The fourth-order valence-corrected chi connectivity index (χ4v) is 0.888. The van der Waals surface area contributed by atoms with Crippen LogP contribution in [0.25, 0.3) is 0 Å². The Balaban J connectivity index is 0.00000225. The molecule has 82 valence electrons. The fraction of sp³-hybridized carbons (Fsp3) is 0.455. The minimum absolute atomic E-state index is 0. The summed E-state index contributed by atoms with van der Waals surface area (Å²) in [5.41, 5.74) is 0.429. The van der Waals surface area contributed by atoms with Gasteiger partial charge < -0.3 is 5.21 Å². The number of rotatable bonds is 0. The summed E-state index contributed by atoms with van der Waals surface area (Å²) < 4.78 is 0.735. The molecule has 0 unspecified atom stereocenters. The largest absolute Gasteiger partial charge is 1.00 e. The van der Waals surface area contributed by atoms with E-state index in [1.807, 2.05) is 0 Å². The average Bonchev–Trinajstić information content (AvgIpc) is 2.08. The van der Waals surface area contributed by atoms with Gasteiger partial charge in [-0.3, -0.25) is 14.5 Å². The average molecular weight is 214 g/mol. The van der Waals surface area contributed by atoms with E-state index >= 15 is 0 Å². The van der Waals surface area contributed by atoms with Crippen LogP contribution in [0.4, 0.5) is 0 Å². The Morgan fingerprint density at radius 2 is 2.00 bits per heavy atom. The third-order valence-electron chi connectivity index (χ3n) is 1.84. The number of aryl methyl sites for hydroxylation is 1. The first kappa shape index (κ1) is 15.0. The first-order valence-electron chi connectivity index (χ1n) is 4.71. The Labute approximate surface area is 107 Å². The molecule has 0 radical (unpaired) electrons. The van der Waals surface area contributed by atoms with Gasteiger partial charge >= 0.3 is 18.9 Å². The normalized spacial score (nSPS) is 12.1. The van der Waals surface area contributed by atoms with Crippen LogP contribution >= 0.6 is 0 Å². The molecule has 16 heavy (non-hydrogen) atoms. The summed E-state index contributed by atoms with van der Waals surface area (Å²) in [5.74, 6) is -0.275. The summed E-state index contributed by atoms with van der Waals surface area (Å²) in [6, 6.07) is 3.32. The van der Waals surface area contributed by atoms with Crippen molar-refractivity contribution in [1.82, 2.24) is 4.73 Å². The predicted octanol–water partition coefficient (Wildman–Crippen LogP) is -1.69. The zero-order valence-corrected chi connectivity index (χ0v) is 10.4. The summed E-state index contributed by atoms with van der Waals surface area (Å²) in [4.78, 5) is 15.4. The van der Waals surface area contributed by atoms with Gasteiger partial charge in [-0.05, 0) is 0 Å². The molecule has 0 saturated heterocycles. The molecule has 0 bridgehead atoms. The van der Waals surface area contributed by atoms with Crippen LogP contribution in [0.3, 0.4) is 0 Å². The molecule has 5 heteroatoms. The van der Waals surface area contributed by atoms with E-state index in [1.54, 1.807) is 39.8 Å². The van der Waals surface area contributed by atoms with Crippen molar-refractivity contribution in [2.45, 2.75) is 27.7 Å². The minimum Gasteiger partial charge on any atom is -0.450 e. The smallest absolute Gasteiger partial charge is 0.450 e. The number of nitrogens with zero attached hydrogens (tertiary/aromatic N) is 2. The number of carbonyl (C=O) groups excluding carboxylic acids is 1. The van der Waals surface area contributed by atoms with Gasteiger partial charge in [-0.2, -0.15) is 6.07 Å². The minimum atomic E-state index is -0.544. The van der Waals surface area contributed by atoms with Crippen molar-refractivity contribution < 1.29 is 28.9 Å². The molecular formula is C11H15LiN2O2. The van der Waals surface area contributed by atoms with Crippen LogP contribution in [0, 0.1) is 18.5 Å². The summed E-state index contributed by atoms with van der Waals surface area (Å²) >= 11 is 0. The van der Waals surface area contributed by atoms with E-state index in [2.05, 4.69) is 11.2 Å². The molecule has 4 nitrogen and oxygen atoms in total. The molecular weight excluding hydrogens is 199 g/mol. The predicted molar refractivity (Wildman–Crippen MR) is 55.2 cm³/mol. The number of amides is 1. The molecule has 0 aliphatic carbocycles. The SMILES string of the molecule is Cc1[c-]n(O)c(=NC(=O)C(C)(C)C)cc1.[Li+]. The van der Waals surface area contributed by atoms with Crippen LogP contribution in [-0.4, -0.2) is 15.8 Å². The van der Waals surface area contributed by atoms with Gasteiger partial charge in [-0.25, -0.2) is 0 Å². The van der Waals surface area contributed by atoms with Gasteiger partial charge in [0.15, 0.2) is 0 Å². The van der Waals surface area contributed by atoms with Crippen molar-refractivity contribution in [1.29, 1.82) is 0 Å². The van der Waals surface area contributed by atoms with Crippen LogP contribution in [0.1, 0.15) is 26.3 Å². The maximum atomic E-state index is 11.6. The second-order valence-electron chi connectivity index (χ2n) is 4.47.